The van der Waals surface area contributed by atoms with Crippen molar-refractivity contribution in [1.29, 1.82) is 0 Å². The third-order valence-electron chi connectivity index (χ3n) is 4.20. The molecule has 0 saturated carbocycles. The Morgan fingerprint density at radius 2 is 2.08 bits per heavy atom. The fraction of sp³-hybridized carbons (Fsp3) is 0.235. The van der Waals surface area contributed by atoms with Crippen LogP contribution in [0.3, 0.4) is 0 Å². The molecule has 0 aliphatic carbocycles. The van der Waals surface area contributed by atoms with Crippen LogP contribution in [0, 0.1) is 5.95 Å². The van der Waals surface area contributed by atoms with Crippen molar-refractivity contribution in [1.82, 2.24) is 24.6 Å². The van der Waals surface area contributed by atoms with Crippen LogP contribution in [0.15, 0.2) is 59.6 Å². The Kier molecular flexibility index (Phi) is 3.41. The van der Waals surface area contributed by atoms with E-state index in [-0.39, 0.29) is 6.17 Å². The monoisotopic (exact) mass is 324 g/mol. The zero-order valence-electron chi connectivity index (χ0n) is 13.5. The molecular weight excluding hydrogens is 307 g/mol. The second-order valence-electron chi connectivity index (χ2n) is 5.86. The number of hydrogen-bond donors (Lipinski definition) is 0. The molecule has 2 aromatic rings. The first-order valence-electron chi connectivity index (χ1n) is 7.70. The fourth-order valence-electron chi connectivity index (χ4n) is 2.94. The predicted octanol–water partition coefficient (Wildman–Crippen LogP) is 1.96. The molecule has 0 aromatic carbocycles. The third-order valence-corrected chi connectivity index (χ3v) is 4.20. The van der Waals surface area contributed by atoms with Crippen molar-refractivity contribution in [3.05, 3.63) is 66.3 Å². The first-order valence-corrected chi connectivity index (χ1v) is 7.70. The number of halogens is 1. The molecule has 0 saturated heterocycles. The van der Waals surface area contributed by atoms with E-state index in [2.05, 4.69) is 21.2 Å². The van der Waals surface area contributed by atoms with E-state index in [9.17, 15) is 4.39 Å². The van der Waals surface area contributed by atoms with Crippen molar-refractivity contribution < 1.29 is 4.39 Å². The highest BCUT2D eigenvalue weighted by Crippen LogP contribution is 2.25. The molecule has 0 fully saturated rings. The number of allylic oxidation sites excluding steroid dienone is 1. The molecule has 4 heterocycles. The minimum atomic E-state index is -0.517. The Morgan fingerprint density at radius 3 is 2.92 bits per heavy atom. The minimum Gasteiger partial charge on any atom is -0.355 e. The number of aromatic nitrogens is 3. The van der Waals surface area contributed by atoms with Crippen LogP contribution in [-0.4, -0.2) is 50.5 Å². The largest absolute Gasteiger partial charge is 0.355 e. The lowest BCUT2D eigenvalue weighted by atomic mass is 10.2. The van der Waals surface area contributed by atoms with Gasteiger partial charge in [0, 0.05) is 39.1 Å². The maximum absolute atomic E-state index is 13.4. The van der Waals surface area contributed by atoms with Crippen LogP contribution >= 0.6 is 0 Å². The van der Waals surface area contributed by atoms with Crippen molar-refractivity contribution in [2.24, 2.45) is 4.99 Å². The minimum absolute atomic E-state index is 0.0218. The molecule has 0 spiro atoms. The van der Waals surface area contributed by atoms with Gasteiger partial charge in [0.15, 0.2) is 5.82 Å². The van der Waals surface area contributed by atoms with E-state index in [4.69, 9.17) is 4.99 Å². The average molecular weight is 324 g/mol. The highest BCUT2D eigenvalue weighted by atomic mass is 19.1. The van der Waals surface area contributed by atoms with Crippen molar-refractivity contribution in [3.8, 4) is 5.82 Å². The normalized spacial score (nSPS) is 19.4. The van der Waals surface area contributed by atoms with Gasteiger partial charge < -0.3 is 9.80 Å². The van der Waals surface area contributed by atoms with Crippen LogP contribution in [0.5, 0.6) is 0 Å². The lowest BCUT2D eigenvalue weighted by Gasteiger charge is -2.24. The molecule has 1 atom stereocenters. The molecule has 0 bridgehead atoms. The first-order chi connectivity index (χ1) is 11.6. The van der Waals surface area contributed by atoms with E-state index >= 15 is 0 Å². The summed E-state index contributed by atoms with van der Waals surface area (Å²) in [4.78, 5) is 12.8. The number of hydrogen-bond acceptors (Lipinski definition) is 5. The summed E-state index contributed by atoms with van der Waals surface area (Å²) in [6.07, 6.45) is 8.39. The third kappa shape index (κ3) is 2.47. The molecule has 2 aliphatic rings. The quantitative estimate of drug-likeness (QED) is 0.810. The van der Waals surface area contributed by atoms with Crippen LogP contribution < -0.4 is 0 Å². The predicted molar refractivity (Wildman–Crippen MR) is 89.0 cm³/mol. The fourth-order valence-corrected chi connectivity index (χ4v) is 2.94. The topological polar surface area (TPSA) is 49.6 Å². The smallest absolute Gasteiger partial charge is 0.214 e. The molecule has 122 valence electrons. The Hall–Kier alpha value is -2.96. The summed E-state index contributed by atoms with van der Waals surface area (Å²) in [6, 6.07) is 6.61. The average Bonchev–Trinajstić information content (AvgIpc) is 3.14. The van der Waals surface area contributed by atoms with Gasteiger partial charge in [-0.1, -0.05) is 6.07 Å². The second kappa shape index (κ2) is 5.59. The maximum atomic E-state index is 13.4. The number of fused-ring (bicyclic) bond motifs is 1. The standard InChI is InChI=1S/C17H17FN6/c1-22-9-7-13-14(11-22)23(2)17(20-13)10-12-6-8-19-24(12)16-5-3-4-15(18)21-16/h3-9,11,17H,10H2,1-2H3. The van der Waals surface area contributed by atoms with E-state index in [0.29, 0.717) is 12.2 Å². The number of pyridine rings is 1. The molecular formula is C17H17FN6. The second-order valence-corrected chi connectivity index (χ2v) is 5.86. The lowest BCUT2D eigenvalue weighted by Crippen LogP contribution is -2.29. The van der Waals surface area contributed by atoms with Gasteiger partial charge in [0.2, 0.25) is 5.95 Å². The van der Waals surface area contributed by atoms with Crippen molar-refractivity contribution in [2.75, 3.05) is 14.1 Å². The lowest BCUT2D eigenvalue weighted by molar-refractivity contribution is 0.335. The molecule has 1 unspecified atom stereocenters. The van der Waals surface area contributed by atoms with Gasteiger partial charge in [0.25, 0.3) is 0 Å². The van der Waals surface area contributed by atoms with Crippen molar-refractivity contribution in [3.63, 3.8) is 0 Å². The summed E-state index contributed by atoms with van der Waals surface area (Å²) < 4.78 is 15.1. The number of rotatable bonds is 3. The number of nitrogens with zero attached hydrogens (tertiary/aromatic N) is 6. The summed E-state index contributed by atoms with van der Waals surface area (Å²) in [6.45, 7) is 0. The summed E-state index contributed by atoms with van der Waals surface area (Å²) in [5, 5.41) is 4.28. The van der Waals surface area contributed by atoms with Gasteiger partial charge in [-0.2, -0.15) is 9.49 Å². The highest BCUT2D eigenvalue weighted by Gasteiger charge is 2.29. The molecule has 2 aromatic heterocycles. The zero-order valence-corrected chi connectivity index (χ0v) is 13.5. The SMILES string of the molecule is CN1C=CC2=NC(Cc3ccnn3-c3cccc(F)n3)N(C)C2=C1. The Bertz CT molecular complexity index is 865. The summed E-state index contributed by atoms with van der Waals surface area (Å²) >= 11 is 0. The van der Waals surface area contributed by atoms with E-state index in [1.807, 2.05) is 37.3 Å². The summed E-state index contributed by atoms with van der Waals surface area (Å²) in [5.74, 6) is -0.0453. The van der Waals surface area contributed by atoms with Crippen LogP contribution in [0.1, 0.15) is 5.69 Å². The van der Waals surface area contributed by atoms with E-state index in [1.54, 1.807) is 23.0 Å². The molecule has 0 amide bonds. The van der Waals surface area contributed by atoms with Gasteiger partial charge in [-0.15, -0.1) is 0 Å². The van der Waals surface area contributed by atoms with Gasteiger partial charge in [0.1, 0.15) is 6.17 Å². The van der Waals surface area contributed by atoms with Gasteiger partial charge in [0.05, 0.1) is 17.1 Å². The molecule has 6 nitrogen and oxygen atoms in total. The molecule has 24 heavy (non-hydrogen) atoms. The molecule has 7 heteroatoms. The Balaban J connectivity index is 1.62. The summed E-state index contributed by atoms with van der Waals surface area (Å²) in [5.41, 5.74) is 3.02. The van der Waals surface area contributed by atoms with Crippen LogP contribution in [0.2, 0.25) is 0 Å². The van der Waals surface area contributed by atoms with E-state index in [0.717, 1.165) is 17.1 Å². The molecule has 0 radical (unpaired) electrons. The van der Waals surface area contributed by atoms with E-state index in [1.165, 1.54) is 6.07 Å². The zero-order chi connectivity index (χ0) is 16.7. The summed E-state index contributed by atoms with van der Waals surface area (Å²) in [7, 11) is 4.02. The maximum Gasteiger partial charge on any atom is 0.214 e. The number of likely N-dealkylation sites (N-methyl/N-ethyl adjacent to an activating group) is 1. The van der Waals surface area contributed by atoms with Crippen molar-refractivity contribution >= 4 is 5.71 Å². The van der Waals surface area contributed by atoms with E-state index < -0.39 is 5.95 Å². The van der Waals surface area contributed by atoms with Gasteiger partial charge in [-0.3, -0.25) is 4.99 Å². The molecule has 4 rings (SSSR count). The molecule has 0 N–H and O–H groups in total. The Labute approximate surface area is 139 Å². The molecule has 2 aliphatic heterocycles. The first kappa shape index (κ1) is 14.6. The Morgan fingerprint density at radius 1 is 1.21 bits per heavy atom. The highest BCUT2D eigenvalue weighted by molar-refractivity contribution is 6.09. The number of aliphatic imine (C=N–C) groups is 1. The van der Waals surface area contributed by atoms with Gasteiger partial charge in [-0.05, 0) is 24.3 Å². The van der Waals surface area contributed by atoms with Crippen molar-refractivity contribution in [2.45, 2.75) is 12.6 Å². The van der Waals surface area contributed by atoms with Gasteiger partial charge in [-0.25, -0.2) is 9.67 Å². The van der Waals surface area contributed by atoms with Crippen LogP contribution in [0.25, 0.3) is 5.82 Å². The van der Waals surface area contributed by atoms with Crippen LogP contribution in [0.4, 0.5) is 4.39 Å². The van der Waals surface area contributed by atoms with Gasteiger partial charge >= 0.3 is 0 Å². The van der Waals surface area contributed by atoms with Crippen LogP contribution in [-0.2, 0) is 6.42 Å².